The Labute approximate surface area is 186 Å². The molecule has 0 spiro atoms. The summed E-state index contributed by atoms with van der Waals surface area (Å²) in [5, 5.41) is 5.07. The third-order valence-electron chi connectivity index (χ3n) is 9.26. The molecule has 0 aromatic carbocycles. The van der Waals surface area contributed by atoms with Crippen molar-refractivity contribution in [1.82, 2.24) is 0 Å². The van der Waals surface area contributed by atoms with Gasteiger partial charge in [0.2, 0.25) is 5.54 Å². The lowest BCUT2D eigenvalue weighted by molar-refractivity contribution is -0.620. The SMILES string of the molecule is CC(C)(C)OC(=O)[N+](=NC1(C)CC(=O)C2CC1C2(C)C)C1(C)CC(=O)C2CC1C2(C)C. The lowest BCUT2D eigenvalue weighted by Crippen LogP contribution is -2.69. The maximum atomic E-state index is 13.5. The van der Waals surface area contributed by atoms with Gasteiger partial charge in [0.25, 0.3) is 0 Å². The molecule has 1 amide bonds. The Bertz CT molecular complexity index is 896. The minimum atomic E-state index is -0.755. The normalized spacial score (nSPS) is 43.1. The molecule has 6 saturated carbocycles. The van der Waals surface area contributed by atoms with Crippen LogP contribution in [-0.4, -0.2) is 39.0 Å². The van der Waals surface area contributed by atoms with Crippen molar-refractivity contribution in [3.8, 4) is 0 Å². The van der Waals surface area contributed by atoms with E-state index in [1.807, 2.05) is 34.6 Å². The van der Waals surface area contributed by atoms with Crippen LogP contribution in [0.5, 0.6) is 0 Å². The molecular weight excluding hydrogens is 392 g/mol. The Kier molecular flexibility index (Phi) is 4.56. The molecule has 6 rings (SSSR count). The van der Waals surface area contributed by atoms with E-state index in [1.165, 1.54) is 4.70 Å². The summed E-state index contributed by atoms with van der Waals surface area (Å²) in [6.45, 7) is 18.0. The van der Waals surface area contributed by atoms with Gasteiger partial charge in [-0.3, -0.25) is 9.59 Å². The van der Waals surface area contributed by atoms with E-state index in [1.54, 1.807) is 0 Å². The maximum Gasteiger partial charge on any atom is 0.623 e. The number of azo groups is 2. The fourth-order valence-electron chi connectivity index (χ4n) is 7.48. The number of fused-ring (bicyclic) bond motifs is 4. The molecule has 172 valence electrons. The predicted molar refractivity (Wildman–Crippen MR) is 116 cm³/mol. The lowest BCUT2D eigenvalue weighted by atomic mass is 9.42. The van der Waals surface area contributed by atoms with Crippen LogP contribution in [0.3, 0.4) is 0 Å². The third kappa shape index (κ3) is 3.06. The number of hydrogen-bond donors (Lipinski definition) is 0. The monoisotopic (exact) mass is 431 g/mol. The molecule has 6 nitrogen and oxygen atoms in total. The molecule has 31 heavy (non-hydrogen) atoms. The molecule has 0 radical (unpaired) electrons. The van der Waals surface area contributed by atoms with Crippen LogP contribution < -0.4 is 0 Å². The largest absolute Gasteiger partial charge is 0.623 e. The van der Waals surface area contributed by atoms with Gasteiger partial charge in [0.05, 0.1) is 6.42 Å². The number of hydrogen-bond acceptors (Lipinski definition) is 5. The van der Waals surface area contributed by atoms with Crippen LogP contribution in [0.1, 0.15) is 88.0 Å². The zero-order valence-corrected chi connectivity index (χ0v) is 20.7. The van der Waals surface area contributed by atoms with Gasteiger partial charge in [-0.2, -0.15) is 4.79 Å². The average molecular weight is 432 g/mol. The van der Waals surface area contributed by atoms with Crippen LogP contribution in [0.2, 0.25) is 0 Å². The van der Waals surface area contributed by atoms with Gasteiger partial charge in [-0.05, 0) is 67.1 Å². The second-order valence-electron chi connectivity index (χ2n) is 13.2. The highest BCUT2D eigenvalue weighted by Crippen LogP contribution is 2.64. The van der Waals surface area contributed by atoms with Crippen LogP contribution in [0.15, 0.2) is 5.11 Å². The van der Waals surface area contributed by atoms with E-state index >= 15 is 0 Å². The topological polar surface area (TPSA) is 75.8 Å². The molecule has 6 unspecified atom stereocenters. The Hall–Kier alpha value is -1.59. The van der Waals surface area contributed by atoms with Crippen molar-refractivity contribution in [1.29, 1.82) is 0 Å². The van der Waals surface area contributed by atoms with Crippen LogP contribution in [0.25, 0.3) is 0 Å². The number of rotatable bonds is 2. The van der Waals surface area contributed by atoms with Crippen molar-refractivity contribution >= 4 is 17.7 Å². The number of ether oxygens (including phenoxy) is 1. The first-order valence-corrected chi connectivity index (χ1v) is 11.7. The van der Waals surface area contributed by atoms with Gasteiger partial charge in [-0.1, -0.05) is 27.7 Å². The van der Waals surface area contributed by atoms with Gasteiger partial charge in [-0.15, -0.1) is 0 Å². The van der Waals surface area contributed by atoms with Crippen LogP contribution in [-0.2, 0) is 14.3 Å². The minimum absolute atomic E-state index is 0.0595. The molecule has 6 aliphatic rings. The quantitative estimate of drug-likeness (QED) is 0.446. The first-order valence-electron chi connectivity index (χ1n) is 11.7. The predicted octanol–water partition coefficient (Wildman–Crippen LogP) is 5.17. The van der Waals surface area contributed by atoms with E-state index in [4.69, 9.17) is 9.85 Å². The van der Waals surface area contributed by atoms with Gasteiger partial charge in [0.1, 0.15) is 22.7 Å². The first-order chi connectivity index (χ1) is 13.9. The average Bonchev–Trinajstić information content (AvgIpc) is 2.55. The Morgan fingerprint density at radius 2 is 1.39 bits per heavy atom. The van der Waals surface area contributed by atoms with E-state index in [2.05, 4.69) is 27.7 Å². The van der Waals surface area contributed by atoms with E-state index in [-0.39, 0.29) is 52.5 Å². The van der Waals surface area contributed by atoms with Crippen LogP contribution >= 0.6 is 0 Å². The maximum absolute atomic E-state index is 13.5. The van der Waals surface area contributed by atoms with Crippen molar-refractivity contribution < 1.29 is 23.8 Å². The molecule has 6 fully saturated rings. The molecule has 6 atom stereocenters. The van der Waals surface area contributed by atoms with E-state index in [0.29, 0.717) is 6.42 Å². The molecule has 0 N–H and O–H groups in total. The van der Waals surface area contributed by atoms with Gasteiger partial charge < -0.3 is 4.74 Å². The van der Waals surface area contributed by atoms with Crippen LogP contribution in [0, 0.1) is 34.5 Å². The summed E-state index contributed by atoms with van der Waals surface area (Å²) >= 11 is 0. The van der Waals surface area contributed by atoms with Crippen LogP contribution in [0.4, 0.5) is 4.79 Å². The van der Waals surface area contributed by atoms with E-state index in [9.17, 15) is 14.4 Å². The lowest BCUT2D eigenvalue weighted by Gasteiger charge is -2.61. The summed E-state index contributed by atoms with van der Waals surface area (Å²) in [6, 6.07) is 0. The molecule has 0 aromatic heterocycles. The summed E-state index contributed by atoms with van der Waals surface area (Å²) in [5.41, 5.74) is -2.42. The van der Waals surface area contributed by atoms with Gasteiger partial charge in [0, 0.05) is 31.1 Å². The molecule has 0 saturated heterocycles. The summed E-state index contributed by atoms with van der Waals surface area (Å²) in [5.74, 6) is 0.962. The highest BCUT2D eigenvalue weighted by Gasteiger charge is 2.72. The summed E-state index contributed by atoms with van der Waals surface area (Å²) in [4.78, 5) is 39.4. The second-order valence-corrected chi connectivity index (χ2v) is 13.2. The van der Waals surface area contributed by atoms with Gasteiger partial charge in [-0.25, -0.2) is 0 Å². The Balaban J connectivity index is 1.82. The fourth-order valence-corrected chi connectivity index (χ4v) is 7.48. The standard InChI is InChI=1S/C25H39N2O4/c1-21(2,3)31-20(30)27(25(9)13-17(29)15-11-19(25)23(15,6)7)26-24(8)12-16(28)14-10-18(24)22(14,4)5/h14-15,18-19H,10-13H2,1-9H3/q+1. The van der Waals surface area contributed by atoms with Gasteiger partial charge in [0.15, 0.2) is 0 Å². The number of amides is 1. The van der Waals surface area contributed by atoms with Crippen molar-refractivity contribution in [2.45, 2.75) is 105 Å². The number of Topliss-reactive ketones (excluding diaryl/α,β-unsaturated/α-hetero) is 2. The van der Waals surface area contributed by atoms with E-state index in [0.717, 1.165) is 12.8 Å². The molecule has 0 aromatic rings. The second kappa shape index (κ2) is 6.26. The zero-order valence-electron chi connectivity index (χ0n) is 20.7. The number of carbonyl (C=O) groups excluding carboxylic acids is 3. The van der Waals surface area contributed by atoms with E-state index < -0.39 is 22.8 Å². The number of carbonyl (C=O) groups is 3. The summed E-state index contributed by atoms with van der Waals surface area (Å²) in [6.07, 6.45) is 1.71. The van der Waals surface area contributed by atoms with Crippen molar-refractivity contribution in [3.05, 3.63) is 0 Å². The highest BCUT2D eigenvalue weighted by atomic mass is 16.6. The first kappa shape index (κ1) is 22.6. The zero-order chi connectivity index (χ0) is 23.4. The van der Waals surface area contributed by atoms with Gasteiger partial charge >= 0.3 is 6.09 Å². The van der Waals surface area contributed by atoms with Crippen molar-refractivity contribution in [2.24, 2.45) is 39.6 Å². The van der Waals surface area contributed by atoms with Crippen molar-refractivity contribution in [2.75, 3.05) is 0 Å². The summed E-state index contributed by atoms with van der Waals surface area (Å²) in [7, 11) is 0. The third-order valence-corrected chi connectivity index (χ3v) is 9.26. The molecule has 4 bridgehead atoms. The molecule has 0 heterocycles. The summed E-state index contributed by atoms with van der Waals surface area (Å²) < 4.78 is 7.30. The minimum Gasteiger partial charge on any atom is -0.404 e. The smallest absolute Gasteiger partial charge is 0.404 e. The Morgan fingerprint density at radius 1 is 0.903 bits per heavy atom. The molecule has 6 heteroatoms. The highest BCUT2D eigenvalue weighted by molar-refractivity contribution is 5.87. The molecular formula is C25H39N2O4+. The Morgan fingerprint density at radius 3 is 1.81 bits per heavy atom. The fraction of sp³-hybridized carbons (Fsp3) is 0.880. The molecule has 6 aliphatic carbocycles. The number of nitrogens with zero attached hydrogens (tertiary/aromatic N) is 2. The van der Waals surface area contributed by atoms with Crippen molar-refractivity contribution in [3.63, 3.8) is 0 Å². The number of ketones is 2. The molecule has 0 aliphatic heterocycles.